The van der Waals surface area contributed by atoms with Crippen molar-refractivity contribution in [2.24, 2.45) is 0 Å². The Bertz CT molecular complexity index is 1080. The molecule has 1 spiro atoms. The van der Waals surface area contributed by atoms with Crippen LogP contribution in [0.3, 0.4) is 0 Å². The minimum Gasteiger partial charge on any atom is -0.359 e. The van der Waals surface area contributed by atoms with Gasteiger partial charge in [0.25, 0.3) is 5.91 Å². The SMILES string of the molecule is O=C1NC2(CCCN(Cc3ccccc3)C2)C(=O)N1Cc1cc(-c2ccccc2)no1. The van der Waals surface area contributed by atoms with Crippen LogP contribution in [0.5, 0.6) is 0 Å². The Kier molecular flexibility index (Phi) is 5.03. The summed E-state index contributed by atoms with van der Waals surface area (Å²) in [6, 6.07) is 21.3. The lowest BCUT2D eigenvalue weighted by Gasteiger charge is -2.38. The van der Waals surface area contributed by atoms with Crippen molar-refractivity contribution in [2.45, 2.75) is 31.5 Å². The van der Waals surface area contributed by atoms with Crippen molar-refractivity contribution in [2.75, 3.05) is 13.1 Å². The van der Waals surface area contributed by atoms with Gasteiger partial charge >= 0.3 is 6.03 Å². The molecule has 2 aliphatic heterocycles. The molecule has 3 amide bonds. The molecular formula is C24H24N4O3. The van der Waals surface area contributed by atoms with E-state index in [2.05, 4.69) is 27.5 Å². The topological polar surface area (TPSA) is 78.7 Å². The number of likely N-dealkylation sites (tertiary alicyclic amines) is 1. The molecule has 0 radical (unpaired) electrons. The highest BCUT2D eigenvalue weighted by atomic mass is 16.5. The molecule has 1 atom stereocenters. The van der Waals surface area contributed by atoms with Gasteiger partial charge in [0, 0.05) is 24.7 Å². The van der Waals surface area contributed by atoms with Crippen molar-refractivity contribution in [1.29, 1.82) is 0 Å². The molecule has 31 heavy (non-hydrogen) atoms. The smallest absolute Gasteiger partial charge is 0.325 e. The van der Waals surface area contributed by atoms with Crippen LogP contribution in [0.15, 0.2) is 71.3 Å². The van der Waals surface area contributed by atoms with E-state index in [-0.39, 0.29) is 18.5 Å². The number of amides is 3. The van der Waals surface area contributed by atoms with Gasteiger partial charge in [0.05, 0.1) is 6.54 Å². The summed E-state index contributed by atoms with van der Waals surface area (Å²) in [6.07, 6.45) is 1.50. The third kappa shape index (κ3) is 3.84. The molecule has 0 aliphatic carbocycles. The van der Waals surface area contributed by atoms with Crippen LogP contribution in [-0.2, 0) is 17.9 Å². The molecule has 0 saturated carbocycles. The summed E-state index contributed by atoms with van der Waals surface area (Å²) in [5, 5.41) is 7.07. The van der Waals surface area contributed by atoms with Gasteiger partial charge in [-0.1, -0.05) is 65.8 Å². The quantitative estimate of drug-likeness (QED) is 0.645. The lowest BCUT2D eigenvalue weighted by atomic mass is 9.88. The first-order chi connectivity index (χ1) is 15.1. The minimum atomic E-state index is -0.869. The van der Waals surface area contributed by atoms with Gasteiger partial charge in [-0.25, -0.2) is 4.79 Å². The molecule has 0 bridgehead atoms. The predicted molar refractivity (Wildman–Crippen MR) is 115 cm³/mol. The molecule has 1 N–H and O–H groups in total. The summed E-state index contributed by atoms with van der Waals surface area (Å²) >= 11 is 0. The summed E-state index contributed by atoms with van der Waals surface area (Å²) in [5.41, 5.74) is 1.94. The Morgan fingerprint density at radius 3 is 2.52 bits per heavy atom. The zero-order valence-corrected chi connectivity index (χ0v) is 17.2. The molecule has 7 nitrogen and oxygen atoms in total. The Labute approximate surface area is 180 Å². The van der Waals surface area contributed by atoms with Crippen molar-refractivity contribution >= 4 is 11.9 Å². The average molecular weight is 416 g/mol. The fourth-order valence-electron chi connectivity index (χ4n) is 4.51. The predicted octanol–water partition coefficient (Wildman–Crippen LogP) is 3.43. The molecular weight excluding hydrogens is 392 g/mol. The lowest BCUT2D eigenvalue weighted by molar-refractivity contribution is -0.134. The molecule has 1 aromatic heterocycles. The maximum Gasteiger partial charge on any atom is 0.325 e. The number of hydrogen-bond donors (Lipinski definition) is 1. The van der Waals surface area contributed by atoms with Gasteiger partial charge < -0.3 is 9.84 Å². The van der Waals surface area contributed by atoms with Crippen LogP contribution >= 0.6 is 0 Å². The molecule has 7 heteroatoms. The van der Waals surface area contributed by atoms with Crippen LogP contribution in [-0.4, -0.2) is 45.5 Å². The first-order valence-electron chi connectivity index (χ1n) is 10.5. The molecule has 1 unspecified atom stereocenters. The third-order valence-corrected chi connectivity index (χ3v) is 6.01. The molecule has 5 rings (SSSR count). The first-order valence-corrected chi connectivity index (χ1v) is 10.5. The van der Waals surface area contributed by atoms with Crippen molar-refractivity contribution in [3.05, 3.63) is 78.1 Å². The largest absolute Gasteiger partial charge is 0.359 e. The fourth-order valence-corrected chi connectivity index (χ4v) is 4.51. The number of piperidine rings is 1. The molecule has 3 aromatic rings. The zero-order valence-electron chi connectivity index (χ0n) is 17.2. The van der Waals surface area contributed by atoms with Crippen LogP contribution in [0.4, 0.5) is 4.79 Å². The number of benzene rings is 2. The number of nitrogens with one attached hydrogen (secondary N) is 1. The summed E-state index contributed by atoms with van der Waals surface area (Å²) in [6.45, 7) is 2.25. The van der Waals surface area contributed by atoms with E-state index in [0.717, 1.165) is 25.1 Å². The number of carbonyl (C=O) groups excluding carboxylic acids is 2. The van der Waals surface area contributed by atoms with E-state index in [9.17, 15) is 9.59 Å². The van der Waals surface area contributed by atoms with Crippen molar-refractivity contribution in [1.82, 2.24) is 20.3 Å². The highest BCUT2D eigenvalue weighted by molar-refractivity contribution is 6.07. The third-order valence-electron chi connectivity index (χ3n) is 6.01. The fraction of sp³-hybridized carbons (Fsp3) is 0.292. The molecule has 2 saturated heterocycles. The number of rotatable bonds is 5. The second-order valence-corrected chi connectivity index (χ2v) is 8.25. The highest BCUT2D eigenvalue weighted by Gasteiger charge is 2.53. The second kappa shape index (κ2) is 8.00. The summed E-state index contributed by atoms with van der Waals surface area (Å²) < 4.78 is 5.42. The zero-order chi connectivity index (χ0) is 21.3. The highest BCUT2D eigenvalue weighted by Crippen LogP contribution is 2.30. The van der Waals surface area contributed by atoms with Crippen LogP contribution in [0.25, 0.3) is 11.3 Å². The van der Waals surface area contributed by atoms with Gasteiger partial charge in [-0.05, 0) is 24.9 Å². The number of aromatic nitrogens is 1. The summed E-state index contributed by atoms with van der Waals surface area (Å²) in [4.78, 5) is 29.5. The Morgan fingerprint density at radius 2 is 1.74 bits per heavy atom. The molecule has 158 valence electrons. The summed E-state index contributed by atoms with van der Waals surface area (Å²) in [7, 11) is 0. The Hall–Kier alpha value is -3.45. The van der Waals surface area contributed by atoms with Crippen molar-refractivity contribution < 1.29 is 14.1 Å². The van der Waals surface area contributed by atoms with E-state index in [1.807, 2.05) is 48.5 Å². The lowest BCUT2D eigenvalue weighted by Crippen LogP contribution is -2.58. The van der Waals surface area contributed by atoms with Crippen LogP contribution < -0.4 is 5.32 Å². The number of urea groups is 1. The normalized spacial score (nSPS) is 21.6. The monoisotopic (exact) mass is 416 g/mol. The number of nitrogens with zero attached hydrogens (tertiary/aromatic N) is 3. The molecule has 3 heterocycles. The van der Waals surface area contributed by atoms with Gasteiger partial charge in [0.15, 0.2) is 5.76 Å². The maximum absolute atomic E-state index is 13.3. The van der Waals surface area contributed by atoms with Gasteiger partial charge in [-0.3, -0.25) is 14.6 Å². The van der Waals surface area contributed by atoms with Crippen LogP contribution in [0.2, 0.25) is 0 Å². The van der Waals surface area contributed by atoms with E-state index in [1.165, 1.54) is 10.5 Å². The maximum atomic E-state index is 13.3. The van der Waals surface area contributed by atoms with Crippen LogP contribution in [0, 0.1) is 0 Å². The number of imide groups is 1. The van der Waals surface area contributed by atoms with E-state index in [4.69, 9.17) is 4.52 Å². The van der Waals surface area contributed by atoms with E-state index < -0.39 is 5.54 Å². The summed E-state index contributed by atoms with van der Waals surface area (Å²) in [5.74, 6) is 0.296. The minimum absolute atomic E-state index is 0.0743. The van der Waals surface area contributed by atoms with Gasteiger partial charge in [0.2, 0.25) is 0 Å². The standard InChI is InChI=1S/C24H24N4O3/c29-22-24(12-7-13-27(17-24)15-18-8-3-1-4-9-18)25-23(30)28(22)16-20-14-21(26-31-20)19-10-5-2-6-11-19/h1-6,8-11,14H,7,12-13,15-17H2,(H,25,30). The molecule has 2 fully saturated rings. The number of hydrogen-bond acceptors (Lipinski definition) is 5. The Balaban J connectivity index is 1.29. The van der Waals surface area contributed by atoms with Crippen LogP contribution in [0.1, 0.15) is 24.2 Å². The average Bonchev–Trinajstić information content (AvgIpc) is 3.34. The first kappa shape index (κ1) is 19.5. The molecule has 2 aliphatic rings. The van der Waals surface area contributed by atoms with Crippen molar-refractivity contribution in [3.63, 3.8) is 0 Å². The van der Waals surface area contributed by atoms with E-state index in [1.54, 1.807) is 6.07 Å². The second-order valence-electron chi connectivity index (χ2n) is 8.25. The van der Waals surface area contributed by atoms with Gasteiger partial charge in [-0.15, -0.1) is 0 Å². The van der Waals surface area contributed by atoms with E-state index in [0.29, 0.717) is 24.4 Å². The van der Waals surface area contributed by atoms with Crippen molar-refractivity contribution in [3.8, 4) is 11.3 Å². The number of carbonyl (C=O) groups is 2. The van der Waals surface area contributed by atoms with Gasteiger partial charge in [-0.2, -0.15) is 0 Å². The van der Waals surface area contributed by atoms with E-state index >= 15 is 0 Å². The van der Waals surface area contributed by atoms with Gasteiger partial charge in [0.1, 0.15) is 11.2 Å². The Morgan fingerprint density at radius 1 is 1.00 bits per heavy atom. The molecule has 2 aromatic carbocycles.